The number of nitrogens with zero attached hydrogens (tertiary/aromatic N) is 1. The Labute approximate surface area is 121 Å². The van der Waals surface area contributed by atoms with Crippen LogP contribution in [-0.4, -0.2) is 24.4 Å². The van der Waals surface area contributed by atoms with Gasteiger partial charge in [0.15, 0.2) is 0 Å². The third kappa shape index (κ3) is 2.52. The summed E-state index contributed by atoms with van der Waals surface area (Å²) in [7, 11) is 0. The van der Waals surface area contributed by atoms with Gasteiger partial charge in [0.25, 0.3) is 0 Å². The number of amides is 2. The lowest BCUT2D eigenvalue weighted by atomic mass is 10.0. The minimum Gasteiger partial charge on any atom is -0.345 e. The molecule has 1 unspecified atom stereocenters. The molecule has 4 nitrogen and oxygen atoms in total. The van der Waals surface area contributed by atoms with E-state index in [-0.39, 0.29) is 18.4 Å². The number of rotatable bonds is 2. The topological polar surface area (TPSA) is 49.4 Å². The summed E-state index contributed by atoms with van der Waals surface area (Å²) in [5.74, 6) is -0.135. The number of anilines is 1. The van der Waals surface area contributed by atoms with Crippen molar-refractivity contribution in [1.82, 2.24) is 5.32 Å². The number of nitrogens with one attached hydrogen (secondary N) is 1. The Morgan fingerprint density at radius 3 is 2.42 bits per heavy atom. The lowest BCUT2D eigenvalue weighted by Gasteiger charge is -2.36. The van der Waals surface area contributed by atoms with E-state index in [0.29, 0.717) is 6.42 Å². The van der Waals surface area contributed by atoms with Gasteiger partial charge >= 0.3 is 0 Å². The summed E-state index contributed by atoms with van der Waals surface area (Å²) < 4.78 is 0.980. The van der Waals surface area contributed by atoms with Crippen molar-refractivity contribution in [3.63, 3.8) is 0 Å². The van der Waals surface area contributed by atoms with Crippen molar-refractivity contribution in [1.29, 1.82) is 0 Å². The van der Waals surface area contributed by atoms with Gasteiger partial charge in [-0.3, -0.25) is 14.5 Å². The Balaban J connectivity index is 2.54. The second-order valence-electron chi connectivity index (χ2n) is 4.79. The van der Waals surface area contributed by atoms with Crippen molar-refractivity contribution in [2.75, 3.05) is 11.4 Å². The zero-order valence-corrected chi connectivity index (χ0v) is 12.9. The number of aryl methyl sites for hydroxylation is 2. The van der Waals surface area contributed by atoms with E-state index < -0.39 is 6.04 Å². The third-order valence-corrected chi connectivity index (χ3v) is 3.84. The third-order valence-electron chi connectivity index (χ3n) is 3.38. The lowest BCUT2D eigenvalue weighted by molar-refractivity contribution is -0.131. The van der Waals surface area contributed by atoms with Crippen LogP contribution in [0.15, 0.2) is 16.6 Å². The van der Waals surface area contributed by atoms with Crippen LogP contribution in [0, 0.1) is 13.8 Å². The molecule has 0 radical (unpaired) electrons. The summed E-state index contributed by atoms with van der Waals surface area (Å²) in [5.41, 5.74) is 2.84. The Bertz CT molecular complexity index is 519. The zero-order valence-electron chi connectivity index (χ0n) is 11.3. The van der Waals surface area contributed by atoms with Gasteiger partial charge in [-0.2, -0.15) is 0 Å². The maximum Gasteiger partial charge on any atom is 0.247 e. The quantitative estimate of drug-likeness (QED) is 0.907. The van der Waals surface area contributed by atoms with E-state index in [1.807, 2.05) is 32.9 Å². The largest absolute Gasteiger partial charge is 0.345 e. The molecular weight excluding hydrogens is 308 g/mol. The average Bonchev–Trinajstić information content (AvgIpc) is 2.32. The van der Waals surface area contributed by atoms with Crippen LogP contribution in [0.3, 0.4) is 0 Å². The Morgan fingerprint density at radius 1 is 1.32 bits per heavy atom. The lowest BCUT2D eigenvalue weighted by Crippen LogP contribution is -2.58. The number of piperazine rings is 1. The molecule has 5 heteroatoms. The van der Waals surface area contributed by atoms with E-state index >= 15 is 0 Å². The number of hydrogen-bond donors (Lipinski definition) is 1. The summed E-state index contributed by atoms with van der Waals surface area (Å²) >= 11 is 3.45. The number of benzene rings is 1. The first-order valence-electron chi connectivity index (χ1n) is 6.32. The normalized spacial score (nSPS) is 19.6. The Kier molecular flexibility index (Phi) is 3.94. The molecule has 1 atom stereocenters. The number of halogens is 1. The standard InChI is InChI=1S/C14H17BrN2O2/c1-4-11-14(19)16-7-12(18)17(11)13-8(2)5-10(15)6-9(13)3/h5-6,11H,4,7H2,1-3H3,(H,16,19). The molecule has 1 aromatic rings. The predicted molar refractivity (Wildman–Crippen MR) is 78.2 cm³/mol. The van der Waals surface area contributed by atoms with Crippen LogP contribution in [0.2, 0.25) is 0 Å². The van der Waals surface area contributed by atoms with Crippen molar-refractivity contribution < 1.29 is 9.59 Å². The van der Waals surface area contributed by atoms with Gasteiger partial charge in [0.1, 0.15) is 6.04 Å². The molecule has 1 saturated heterocycles. The van der Waals surface area contributed by atoms with E-state index in [4.69, 9.17) is 0 Å². The van der Waals surface area contributed by atoms with Gasteiger partial charge in [-0.15, -0.1) is 0 Å². The molecule has 0 aliphatic carbocycles. The van der Waals surface area contributed by atoms with Crippen molar-refractivity contribution in [2.45, 2.75) is 33.2 Å². The summed E-state index contributed by atoms with van der Waals surface area (Å²) in [4.78, 5) is 25.8. The van der Waals surface area contributed by atoms with Gasteiger partial charge in [0.2, 0.25) is 11.8 Å². The van der Waals surface area contributed by atoms with E-state index in [9.17, 15) is 9.59 Å². The van der Waals surface area contributed by atoms with Crippen molar-refractivity contribution in [3.05, 3.63) is 27.7 Å². The minimum atomic E-state index is -0.417. The molecule has 0 aromatic heterocycles. The highest BCUT2D eigenvalue weighted by Gasteiger charge is 2.35. The first-order valence-corrected chi connectivity index (χ1v) is 7.11. The molecule has 1 aromatic carbocycles. The summed E-state index contributed by atoms with van der Waals surface area (Å²) in [6, 6.07) is 3.52. The van der Waals surface area contributed by atoms with Crippen LogP contribution in [0.25, 0.3) is 0 Å². The predicted octanol–water partition coefficient (Wildman–Crippen LogP) is 2.31. The smallest absolute Gasteiger partial charge is 0.247 e. The molecule has 102 valence electrons. The molecule has 1 heterocycles. The second kappa shape index (κ2) is 5.33. The van der Waals surface area contributed by atoms with Gasteiger partial charge in [0.05, 0.1) is 12.2 Å². The minimum absolute atomic E-state index is 0.0556. The van der Waals surface area contributed by atoms with Crippen LogP contribution in [-0.2, 0) is 9.59 Å². The van der Waals surface area contributed by atoms with Gasteiger partial charge in [-0.1, -0.05) is 22.9 Å². The fraction of sp³-hybridized carbons (Fsp3) is 0.429. The van der Waals surface area contributed by atoms with E-state index in [1.165, 1.54) is 0 Å². The molecule has 2 amide bonds. The zero-order chi connectivity index (χ0) is 14.2. The fourth-order valence-electron chi connectivity index (χ4n) is 2.59. The van der Waals surface area contributed by atoms with E-state index in [1.54, 1.807) is 4.90 Å². The van der Waals surface area contributed by atoms with Crippen molar-refractivity contribution in [3.8, 4) is 0 Å². The van der Waals surface area contributed by atoms with Crippen LogP contribution in [0.4, 0.5) is 5.69 Å². The summed E-state index contributed by atoms with van der Waals surface area (Å²) in [6.45, 7) is 5.91. The monoisotopic (exact) mass is 324 g/mol. The molecule has 19 heavy (non-hydrogen) atoms. The number of hydrogen-bond acceptors (Lipinski definition) is 2. The highest BCUT2D eigenvalue weighted by molar-refractivity contribution is 9.10. The molecule has 2 rings (SSSR count). The molecule has 1 aliphatic heterocycles. The van der Waals surface area contributed by atoms with Gasteiger partial charge in [-0.25, -0.2) is 0 Å². The first kappa shape index (κ1) is 14.1. The maximum atomic E-state index is 12.2. The van der Waals surface area contributed by atoms with Gasteiger partial charge in [0, 0.05) is 4.47 Å². The fourth-order valence-corrected chi connectivity index (χ4v) is 3.28. The number of carbonyl (C=O) groups excluding carboxylic acids is 2. The van der Waals surface area contributed by atoms with Gasteiger partial charge in [-0.05, 0) is 43.5 Å². The summed E-state index contributed by atoms with van der Waals surface area (Å²) in [5, 5.41) is 2.64. The Morgan fingerprint density at radius 2 is 1.89 bits per heavy atom. The van der Waals surface area contributed by atoms with Crippen LogP contribution < -0.4 is 10.2 Å². The highest BCUT2D eigenvalue weighted by Crippen LogP contribution is 2.31. The highest BCUT2D eigenvalue weighted by atomic mass is 79.9. The molecule has 1 aliphatic rings. The molecular formula is C14H17BrN2O2. The molecule has 1 N–H and O–H groups in total. The number of carbonyl (C=O) groups is 2. The Hall–Kier alpha value is -1.36. The molecule has 0 saturated carbocycles. The average molecular weight is 325 g/mol. The second-order valence-corrected chi connectivity index (χ2v) is 5.71. The molecule has 1 fully saturated rings. The summed E-state index contributed by atoms with van der Waals surface area (Å²) in [6.07, 6.45) is 0.604. The van der Waals surface area contributed by atoms with Gasteiger partial charge < -0.3 is 5.32 Å². The van der Waals surface area contributed by atoms with Crippen LogP contribution in [0.1, 0.15) is 24.5 Å². The van der Waals surface area contributed by atoms with Crippen LogP contribution in [0.5, 0.6) is 0 Å². The molecule has 0 spiro atoms. The SMILES string of the molecule is CCC1C(=O)NCC(=O)N1c1c(C)cc(Br)cc1C. The van der Waals surface area contributed by atoms with E-state index in [2.05, 4.69) is 21.2 Å². The maximum absolute atomic E-state index is 12.2. The van der Waals surface area contributed by atoms with Crippen molar-refractivity contribution in [2.24, 2.45) is 0 Å². The van der Waals surface area contributed by atoms with Crippen molar-refractivity contribution >= 4 is 33.4 Å². The first-order chi connectivity index (χ1) is 8.95. The molecule has 0 bridgehead atoms. The van der Waals surface area contributed by atoms with E-state index in [0.717, 1.165) is 21.3 Å². The van der Waals surface area contributed by atoms with Crippen LogP contribution >= 0.6 is 15.9 Å².